The standard InChI is InChI=1S/C17H23NO3/c1-12-5-7-13(8-6-12)11-14(19)18-10-4-9-17(2,3)15(18)16(20)21/h5-8,15H,4,9-11H2,1-3H3,(H,20,21). The van der Waals surface area contributed by atoms with Gasteiger partial charge in [0, 0.05) is 6.54 Å². The molecule has 1 heterocycles. The maximum absolute atomic E-state index is 12.5. The van der Waals surface area contributed by atoms with Crippen LogP contribution in [0.15, 0.2) is 24.3 Å². The van der Waals surface area contributed by atoms with E-state index < -0.39 is 12.0 Å². The molecule has 2 rings (SSSR count). The van der Waals surface area contributed by atoms with Gasteiger partial charge in [0.25, 0.3) is 0 Å². The van der Waals surface area contributed by atoms with Crippen LogP contribution in [0, 0.1) is 12.3 Å². The molecule has 1 N–H and O–H groups in total. The van der Waals surface area contributed by atoms with Crippen LogP contribution in [0.2, 0.25) is 0 Å². The van der Waals surface area contributed by atoms with Gasteiger partial charge in [0.2, 0.25) is 5.91 Å². The van der Waals surface area contributed by atoms with Crippen molar-refractivity contribution in [2.45, 2.75) is 46.1 Å². The summed E-state index contributed by atoms with van der Waals surface area (Å²) in [5.74, 6) is -1.00. The summed E-state index contributed by atoms with van der Waals surface area (Å²) in [6, 6.07) is 7.06. The summed E-state index contributed by atoms with van der Waals surface area (Å²) in [4.78, 5) is 25.7. The lowest BCUT2D eigenvalue weighted by atomic mass is 9.76. The van der Waals surface area contributed by atoms with Gasteiger partial charge >= 0.3 is 5.97 Å². The molecule has 0 aromatic heterocycles. The maximum Gasteiger partial charge on any atom is 0.326 e. The predicted octanol–water partition coefficient (Wildman–Crippen LogP) is 2.64. The van der Waals surface area contributed by atoms with Crippen LogP contribution in [0.25, 0.3) is 0 Å². The molecule has 1 aliphatic heterocycles. The maximum atomic E-state index is 12.5. The first kappa shape index (κ1) is 15.5. The third-order valence-electron chi connectivity index (χ3n) is 4.30. The molecule has 0 aliphatic carbocycles. The summed E-state index contributed by atoms with van der Waals surface area (Å²) in [7, 11) is 0. The minimum Gasteiger partial charge on any atom is -0.480 e. The van der Waals surface area contributed by atoms with E-state index in [1.807, 2.05) is 45.0 Å². The summed E-state index contributed by atoms with van der Waals surface area (Å²) in [6.07, 6.45) is 1.95. The van der Waals surface area contributed by atoms with Gasteiger partial charge in [0.15, 0.2) is 0 Å². The number of aryl methyl sites for hydroxylation is 1. The normalized spacial score (nSPS) is 21.1. The number of rotatable bonds is 3. The molecule has 1 amide bonds. The topological polar surface area (TPSA) is 57.6 Å². The second kappa shape index (κ2) is 5.88. The summed E-state index contributed by atoms with van der Waals surface area (Å²) < 4.78 is 0. The van der Waals surface area contributed by atoms with Crippen molar-refractivity contribution >= 4 is 11.9 Å². The molecular weight excluding hydrogens is 266 g/mol. The first-order valence-electron chi connectivity index (χ1n) is 7.39. The van der Waals surface area contributed by atoms with Gasteiger partial charge in [-0.2, -0.15) is 0 Å². The van der Waals surface area contributed by atoms with Gasteiger partial charge in [-0.25, -0.2) is 4.79 Å². The Morgan fingerprint density at radius 3 is 2.48 bits per heavy atom. The highest BCUT2D eigenvalue weighted by Gasteiger charge is 2.44. The van der Waals surface area contributed by atoms with E-state index in [-0.39, 0.29) is 17.7 Å². The Bertz CT molecular complexity index is 533. The number of carbonyl (C=O) groups excluding carboxylic acids is 1. The highest BCUT2D eigenvalue weighted by molar-refractivity contribution is 5.85. The number of likely N-dealkylation sites (tertiary alicyclic amines) is 1. The Balaban J connectivity index is 2.16. The number of hydrogen-bond donors (Lipinski definition) is 1. The monoisotopic (exact) mass is 289 g/mol. The summed E-state index contributed by atoms with van der Waals surface area (Å²) >= 11 is 0. The lowest BCUT2D eigenvalue weighted by Gasteiger charge is -2.44. The fourth-order valence-corrected chi connectivity index (χ4v) is 3.11. The first-order valence-corrected chi connectivity index (χ1v) is 7.39. The zero-order valence-electron chi connectivity index (χ0n) is 12.9. The predicted molar refractivity (Wildman–Crippen MR) is 81.0 cm³/mol. The van der Waals surface area contributed by atoms with Crippen LogP contribution < -0.4 is 0 Å². The van der Waals surface area contributed by atoms with Crippen LogP contribution in [0.5, 0.6) is 0 Å². The molecule has 4 heteroatoms. The van der Waals surface area contributed by atoms with Crippen molar-refractivity contribution in [3.63, 3.8) is 0 Å². The fraction of sp³-hybridized carbons (Fsp3) is 0.529. The van der Waals surface area contributed by atoms with E-state index in [1.54, 1.807) is 4.90 Å². The van der Waals surface area contributed by atoms with Crippen molar-refractivity contribution in [3.05, 3.63) is 35.4 Å². The van der Waals surface area contributed by atoms with Crippen molar-refractivity contribution in [1.29, 1.82) is 0 Å². The Morgan fingerprint density at radius 2 is 1.90 bits per heavy atom. The summed E-state index contributed by atoms with van der Waals surface area (Å²) in [5, 5.41) is 9.50. The average Bonchev–Trinajstić information content (AvgIpc) is 2.39. The van der Waals surface area contributed by atoms with Gasteiger partial charge in [-0.1, -0.05) is 43.7 Å². The Morgan fingerprint density at radius 1 is 1.29 bits per heavy atom. The molecule has 1 aromatic carbocycles. The van der Waals surface area contributed by atoms with E-state index in [9.17, 15) is 14.7 Å². The third kappa shape index (κ3) is 3.43. The molecule has 1 unspecified atom stereocenters. The van der Waals surface area contributed by atoms with E-state index in [0.717, 1.165) is 24.0 Å². The quantitative estimate of drug-likeness (QED) is 0.930. The molecule has 1 aliphatic rings. The van der Waals surface area contributed by atoms with E-state index in [2.05, 4.69) is 0 Å². The van der Waals surface area contributed by atoms with Crippen molar-refractivity contribution in [1.82, 2.24) is 4.90 Å². The SMILES string of the molecule is Cc1ccc(CC(=O)N2CCCC(C)(C)C2C(=O)O)cc1. The zero-order valence-corrected chi connectivity index (χ0v) is 12.9. The Labute approximate surface area is 125 Å². The molecule has 1 aromatic rings. The Hall–Kier alpha value is -1.84. The molecule has 1 saturated heterocycles. The van der Waals surface area contributed by atoms with Crippen molar-refractivity contribution in [3.8, 4) is 0 Å². The van der Waals surface area contributed by atoms with Crippen LogP contribution in [-0.2, 0) is 16.0 Å². The second-order valence-electron chi connectivity index (χ2n) is 6.58. The van der Waals surface area contributed by atoms with Crippen molar-refractivity contribution in [2.75, 3.05) is 6.54 Å². The summed E-state index contributed by atoms with van der Waals surface area (Å²) in [5.41, 5.74) is 1.69. The number of aliphatic carboxylic acids is 1. The minimum absolute atomic E-state index is 0.0981. The molecule has 0 saturated carbocycles. The molecule has 0 spiro atoms. The highest BCUT2D eigenvalue weighted by Crippen LogP contribution is 2.35. The van der Waals surface area contributed by atoms with Gasteiger partial charge in [-0.3, -0.25) is 4.79 Å². The van der Waals surface area contributed by atoms with Crippen LogP contribution in [0.4, 0.5) is 0 Å². The van der Waals surface area contributed by atoms with Gasteiger partial charge in [0.05, 0.1) is 6.42 Å². The highest BCUT2D eigenvalue weighted by atomic mass is 16.4. The summed E-state index contributed by atoms with van der Waals surface area (Å²) in [6.45, 7) is 6.39. The molecule has 114 valence electrons. The third-order valence-corrected chi connectivity index (χ3v) is 4.30. The van der Waals surface area contributed by atoms with Crippen molar-refractivity contribution in [2.24, 2.45) is 5.41 Å². The fourth-order valence-electron chi connectivity index (χ4n) is 3.11. The van der Waals surface area contributed by atoms with Crippen LogP contribution in [0.3, 0.4) is 0 Å². The van der Waals surface area contributed by atoms with Crippen LogP contribution in [-0.4, -0.2) is 34.5 Å². The van der Waals surface area contributed by atoms with Gasteiger partial charge in [-0.05, 0) is 30.7 Å². The molecule has 0 bridgehead atoms. The second-order valence-corrected chi connectivity index (χ2v) is 6.58. The number of benzene rings is 1. The van der Waals surface area contributed by atoms with Gasteiger partial charge < -0.3 is 10.0 Å². The number of carbonyl (C=O) groups is 2. The lowest BCUT2D eigenvalue weighted by Crippen LogP contribution is -2.56. The van der Waals surface area contributed by atoms with E-state index >= 15 is 0 Å². The van der Waals surface area contributed by atoms with Crippen molar-refractivity contribution < 1.29 is 14.7 Å². The molecule has 21 heavy (non-hydrogen) atoms. The number of piperidine rings is 1. The lowest BCUT2D eigenvalue weighted by molar-refractivity contribution is -0.158. The van der Waals surface area contributed by atoms with E-state index in [0.29, 0.717) is 6.54 Å². The van der Waals surface area contributed by atoms with Crippen LogP contribution >= 0.6 is 0 Å². The molecule has 4 nitrogen and oxygen atoms in total. The van der Waals surface area contributed by atoms with Gasteiger partial charge in [0.1, 0.15) is 6.04 Å². The number of carboxylic acids is 1. The molecular formula is C17H23NO3. The van der Waals surface area contributed by atoms with E-state index in [4.69, 9.17) is 0 Å². The van der Waals surface area contributed by atoms with Gasteiger partial charge in [-0.15, -0.1) is 0 Å². The Kier molecular flexibility index (Phi) is 4.35. The van der Waals surface area contributed by atoms with E-state index in [1.165, 1.54) is 0 Å². The number of amides is 1. The van der Waals surface area contributed by atoms with Crippen LogP contribution in [0.1, 0.15) is 37.8 Å². The minimum atomic E-state index is -0.906. The first-order chi connectivity index (χ1) is 9.81. The number of nitrogens with zero attached hydrogens (tertiary/aromatic N) is 1. The molecule has 1 fully saturated rings. The zero-order chi connectivity index (χ0) is 15.6. The molecule has 0 radical (unpaired) electrons. The number of carboxylic acid groups (broad SMARTS) is 1. The number of hydrogen-bond acceptors (Lipinski definition) is 2. The molecule has 1 atom stereocenters. The smallest absolute Gasteiger partial charge is 0.326 e. The average molecular weight is 289 g/mol. The largest absolute Gasteiger partial charge is 0.480 e.